The van der Waals surface area contributed by atoms with Gasteiger partial charge in [0, 0.05) is 6.42 Å². The second-order valence-electron chi connectivity index (χ2n) is 23.1. The lowest BCUT2D eigenvalue weighted by molar-refractivity contribution is -0.870. The maximum Gasteiger partial charge on any atom is 0.268 e. The van der Waals surface area contributed by atoms with E-state index in [4.69, 9.17) is 9.05 Å². The Balaban J connectivity index is 3.96. The number of carbonyl (C=O) groups excluding carboxylic acids is 1. The zero-order chi connectivity index (χ0) is 52.7. The van der Waals surface area contributed by atoms with E-state index in [1.807, 2.05) is 27.2 Å². The van der Waals surface area contributed by atoms with E-state index in [-0.39, 0.29) is 19.1 Å². The summed E-state index contributed by atoms with van der Waals surface area (Å²) < 4.78 is 23.4. The number of quaternary nitrogens is 1. The molecule has 1 amide bonds. The molecule has 0 saturated heterocycles. The Bertz CT molecular complexity index is 1220. The van der Waals surface area contributed by atoms with Crippen molar-refractivity contribution in [1.82, 2.24) is 5.32 Å². The van der Waals surface area contributed by atoms with Gasteiger partial charge in [0.2, 0.25) is 5.91 Å². The summed E-state index contributed by atoms with van der Waals surface area (Å²) in [5, 5.41) is 13.9. The molecule has 428 valence electrons. The summed E-state index contributed by atoms with van der Waals surface area (Å²) in [6.07, 6.45) is 70.0. The highest BCUT2D eigenvalue weighted by Gasteiger charge is 2.23. The van der Waals surface area contributed by atoms with Crippen molar-refractivity contribution in [2.24, 2.45) is 0 Å². The SMILES string of the molecule is CCCCCCCCCCCCCCC/C=C/C(O)C(COP(=O)([O-])OCC[N+](C)(C)C)NC(=O)CCCCCCCCCCCCCCCCCCC/C=C\CCCCCCCCCCCCCCCC. The van der Waals surface area contributed by atoms with Crippen LogP contribution in [0, 0.1) is 0 Å². The van der Waals surface area contributed by atoms with E-state index in [2.05, 4.69) is 31.3 Å². The summed E-state index contributed by atoms with van der Waals surface area (Å²) >= 11 is 0. The summed E-state index contributed by atoms with van der Waals surface area (Å²) in [4.78, 5) is 25.5. The average molecular weight is 1040 g/mol. The molecule has 0 heterocycles. The number of phosphoric acid groups is 1. The average Bonchev–Trinajstić information content (AvgIpc) is 3.34. The Morgan fingerprint density at radius 1 is 0.472 bits per heavy atom. The van der Waals surface area contributed by atoms with Crippen molar-refractivity contribution in [3.8, 4) is 0 Å². The van der Waals surface area contributed by atoms with Crippen LogP contribution in [0.25, 0.3) is 0 Å². The summed E-state index contributed by atoms with van der Waals surface area (Å²) in [5.74, 6) is -0.192. The lowest BCUT2D eigenvalue weighted by atomic mass is 10.0. The molecule has 0 aliphatic rings. The minimum absolute atomic E-state index is 0.00138. The molecule has 3 atom stereocenters. The Kier molecular flexibility index (Phi) is 54.0. The number of aliphatic hydroxyl groups is 1. The van der Waals surface area contributed by atoms with Gasteiger partial charge in [-0.3, -0.25) is 9.36 Å². The van der Waals surface area contributed by atoms with Gasteiger partial charge in [-0.25, -0.2) is 0 Å². The van der Waals surface area contributed by atoms with Gasteiger partial charge in [-0.2, -0.15) is 0 Å². The van der Waals surface area contributed by atoms with Crippen LogP contribution in [-0.2, 0) is 18.4 Å². The Hall–Kier alpha value is -1.02. The van der Waals surface area contributed by atoms with Crippen molar-refractivity contribution in [2.45, 2.75) is 334 Å². The molecule has 72 heavy (non-hydrogen) atoms. The quantitative estimate of drug-likeness (QED) is 0.0272. The highest BCUT2D eigenvalue weighted by molar-refractivity contribution is 7.45. The topological polar surface area (TPSA) is 108 Å². The molecule has 0 aromatic heterocycles. The number of hydrogen-bond donors (Lipinski definition) is 2. The number of hydrogen-bond acceptors (Lipinski definition) is 6. The molecule has 0 radical (unpaired) electrons. The van der Waals surface area contributed by atoms with Gasteiger partial charge < -0.3 is 28.8 Å². The molecule has 0 aliphatic heterocycles. The molecule has 0 fully saturated rings. The van der Waals surface area contributed by atoms with Crippen LogP contribution < -0.4 is 10.2 Å². The van der Waals surface area contributed by atoms with E-state index in [0.29, 0.717) is 17.4 Å². The lowest BCUT2D eigenvalue weighted by Gasteiger charge is -2.29. The summed E-state index contributed by atoms with van der Waals surface area (Å²) in [7, 11) is 1.28. The molecule has 0 aromatic rings. The van der Waals surface area contributed by atoms with Crippen LogP contribution in [0.3, 0.4) is 0 Å². The molecule has 0 spiro atoms. The zero-order valence-corrected chi connectivity index (χ0v) is 49.8. The smallest absolute Gasteiger partial charge is 0.268 e. The first-order valence-electron chi connectivity index (χ1n) is 31.7. The number of likely N-dealkylation sites (N-methyl/N-ethyl adjacent to an activating group) is 1. The Labute approximate surface area is 449 Å². The molecule has 0 saturated carbocycles. The fourth-order valence-corrected chi connectivity index (χ4v) is 10.4. The molecule has 0 bridgehead atoms. The number of rotatable bonds is 59. The van der Waals surface area contributed by atoms with Gasteiger partial charge >= 0.3 is 0 Å². The van der Waals surface area contributed by atoms with Gasteiger partial charge in [0.15, 0.2) is 0 Å². The molecule has 8 nitrogen and oxygen atoms in total. The van der Waals surface area contributed by atoms with Crippen LogP contribution in [0.4, 0.5) is 0 Å². The minimum atomic E-state index is -4.59. The number of nitrogens with zero attached hydrogens (tertiary/aromatic N) is 1. The van der Waals surface area contributed by atoms with Crippen molar-refractivity contribution >= 4 is 13.7 Å². The maximum atomic E-state index is 13.0. The molecule has 0 aliphatic carbocycles. The van der Waals surface area contributed by atoms with Gasteiger partial charge in [0.05, 0.1) is 39.9 Å². The van der Waals surface area contributed by atoms with E-state index in [1.165, 1.54) is 263 Å². The van der Waals surface area contributed by atoms with E-state index < -0.39 is 20.0 Å². The first-order chi connectivity index (χ1) is 35.0. The number of carbonyl (C=O) groups is 1. The zero-order valence-electron chi connectivity index (χ0n) is 48.9. The van der Waals surface area contributed by atoms with E-state index in [0.717, 1.165) is 38.5 Å². The van der Waals surface area contributed by atoms with Crippen molar-refractivity contribution < 1.29 is 32.9 Å². The predicted octanol–water partition coefficient (Wildman–Crippen LogP) is 18.9. The molecule has 2 N–H and O–H groups in total. The van der Waals surface area contributed by atoms with Gasteiger partial charge in [-0.1, -0.05) is 295 Å². The second-order valence-corrected chi connectivity index (χ2v) is 24.5. The molecular weight excluding hydrogens is 912 g/mol. The second kappa shape index (κ2) is 54.8. The first kappa shape index (κ1) is 71.0. The Morgan fingerprint density at radius 2 is 0.764 bits per heavy atom. The van der Waals surface area contributed by atoms with E-state index >= 15 is 0 Å². The predicted molar refractivity (Wildman–Crippen MR) is 312 cm³/mol. The Morgan fingerprint density at radius 3 is 1.08 bits per heavy atom. The standard InChI is InChI=1S/C63H125N2O6P/c1-6-8-10-12-14-16-18-20-22-23-24-25-26-27-28-29-30-31-32-33-34-35-36-37-38-39-40-41-43-45-47-49-51-53-55-57-63(67)64-61(60-71-72(68,69)70-59-58-65(3,4)5)62(66)56-54-52-50-48-46-44-42-21-19-17-15-13-11-9-7-2/h29-30,54,56,61-62,66H,6-28,31-53,55,57-60H2,1-5H3,(H-,64,67,68,69)/b30-29-,56-54+. The van der Waals surface area contributed by atoms with Gasteiger partial charge in [0.1, 0.15) is 13.2 Å². The van der Waals surface area contributed by atoms with E-state index in [1.54, 1.807) is 6.08 Å². The number of aliphatic hydroxyl groups excluding tert-OH is 1. The van der Waals surface area contributed by atoms with E-state index in [9.17, 15) is 19.4 Å². The molecule has 3 unspecified atom stereocenters. The fraction of sp³-hybridized carbons (Fsp3) is 0.921. The van der Waals surface area contributed by atoms with Crippen LogP contribution in [0.5, 0.6) is 0 Å². The largest absolute Gasteiger partial charge is 0.756 e. The van der Waals surface area contributed by atoms with Gasteiger partial charge in [0.25, 0.3) is 7.82 Å². The number of allylic oxidation sites excluding steroid dienone is 3. The monoisotopic (exact) mass is 1040 g/mol. The minimum Gasteiger partial charge on any atom is -0.756 e. The van der Waals surface area contributed by atoms with Crippen LogP contribution >= 0.6 is 7.82 Å². The maximum absolute atomic E-state index is 13.0. The number of amides is 1. The van der Waals surface area contributed by atoms with Gasteiger partial charge in [-0.05, 0) is 44.9 Å². The van der Waals surface area contributed by atoms with Crippen molar-refractivity contribution in [1.29, 1.82) is 0 Å². The highest BCUT2D eigenvalue weighted by Crippen LogP contribution is 2.38. The summed E-state index contributed by atoms with van der Waals surface area (Å²) in [6.45, 7) is 4.69. The van der Waals surface area contributed by atoms with Crippen molar-refractivity contribution in [3.63, 3.8) is 0 Å². The van der Waals surface area contributed by atoms with Crippen molar-refractivity contribution in [2.75, 3.05) is 40.9 Å². The van der Waals surface area contributed by atoms with Gasteiger partial charge in [-0.15, -0.1) is 0 Å². The van der Waals surface area contributed by atoms with Crippen LogP contribution in [0.1, 0.15) is 322 Å². The summed E-state index contributed by atoms with van der Waals surface area (Å²) in [5.41, 5.74) is 0. The normalized spacial score (nSPS) is 13.9. The third kappa shape index (κ3) is 56.7. The van der Waals surface area contributed by atoms with Crippen molar-refractivity contribution in [3.05, 3.63) is 24.3 Å². The molecule has 0 rings (SSSR count). The first-order valence-corrected chi connectivity index (χ1v) is 33.2. The third-order valence-electron chi connectivity index (χ3n) is 14.7. The molecule has 9 heteroatoms. The lowest BCUT2D eigenvalue weighted by Crippen LogP contribution is -2.45. The third-order valence-corrected chi connectivity index (χ3v) is 15.6. The van der Waals surface area contributed by atoms with Crippen LogP contribution in [0.2, 0.25) is 0 Å². The summed E-state index contributed by atoms with van der Waals surface area (Å²) in [6, 6.07) is -0.884. The number of phosphoric ester groups is 1. The van der Waals surface area contributed by atoms with Crippen LogP contribution in [-0.4, -0.2) is 68.5 Å². The fourth-order valence-electron chi connectivity index (χ4n) is 9.68. The number of unbranched alkanes of at least 4 members (excludes halogenated alkanes) is 44. The van der Waals surface area contributed by atoms with Crippen LogP contribution in [0.15, 0.2) is 24.3 Å². The molecule has 0 aromatic carbocycles. The highest BCUT2D eigenvalue weighted by atomic mass is 31.2. The molecular formula is C63H125N2O6P. The number of nitrogens with one attached hydrogen (secondary N) is 1.